The molecule has 9 heteroatoms. The molecule has 0 aliphatic heterocycles. The van der Waals surface area contributed by atoms with Crippen LogP contribution in [0.4, 0.5) is 0 Å². The van der Waals surface area contributed by atoms with Gasteiger partial charge in [0.15, 0.2) is 0 Å². The monoisotopic (exact) mass is 708 g/mol. The molecule has 8 nitrogen and oxygen atoms in total. The first-order chi connectivity index (χ1) is 24.3. The second-order valence-electron chi connectivity index (χ2n) is 15.8. The van der Waals surface area contributed by atoms with Crippen molar-refractivity contribution in [1.82, 2.24) is 30.6 Å². The second-order valence-corrected chi connectivity index (χ2v) is 16.1. The number of benzene rings is 3. The fourth-order valence-electron chi connectivity index (χ4n) is 7.23. The minimum atomic E-state index is 0.0941. The summed E-state index contributed by atoms with van der Waals surface area (Å²) in [5.74, 6) is 4.17. The predicted molar refractivity (Wildman–Crippen MR) is 209 cm³/mol. The van der Waals surface area contributed by atoms with E-state index in [9.17, 15) is 9.59 Å². The van der Waals surface area contributed by atoms with Crippen molar-refractivity contribution in [2.75, 3.05) is 0 Å². The van der Waals surface area contributed by atoms with E-state index in [1.54, 1.807) is 0 Å². The van der Waals surface area contributed by atoms with Gasteiger partial charge in [0.25, 0.3) is 0 Å². The number of carbonyl (C=O) groups is 2. The van der Waals surface area contributed by atoms with Gasteiger partial charge in [0.2, 0.25) is 11.8 Å². The molecule has 3 unspecified atom stereocenters. The minimum Gasteiger partial charge on any atom is -0.353 e. The number of carbonyl (C=O) groups excluding carboxylic acids is 2. The summed E-state index contributed by atoms with van der Waals surface area (Å²) in [7, 11) is 0. The van der Waals surface area contributed by atoms with E-state index >= 15 is 0 Å². The van der Waals surface area contributed by atoms with Crippen molar-refractivity contribution in [3.8, 4) is 22.4 Å². The molecule has 1 fully saturated rings. The van der Waals surface area contributed by atoms with E-state index in [-0.39, 0.29) is 23.9 Å². The van der Waals surface area contributed by atoms with E-state index in [0.29, 0.717) is 47.6 Å². The van der Waals surface area contributed by atoms with Crippen molar-refractivity contribution in [2.45, 2.75) is 99.1 Å². The third-order valence-electron chi connectivity index (χ3n) is 10.6. The molecule has 1 saturated carbocycles. The Morgan fingerprint density at radius 3 is 2.14 bits per heavy atom. The summed E-state index contributed by atoms with van der Waals surface area (Å²) in [6.45, 7) is 14.7. The number of nitrogens with zero attached hydrogens (tertiary/aromatic N) is 2. The minimum absolute atomic E-state index is 0.0941. The van der Waals surface area contributed by atoms with Crippen molar-refractivity contribution in [3.63, 3.8) is 0 Å². The van der Waals surface area contributed by atoms with Crippen LogP contribution in [0.25, 0.3) is 44.2 Å². The number of hydrogen-bond acceptors (Lipinski definition) is 4. The smallest absolute Gasteiger partial charge is 0.220 e. The van der Waals surface area contributed by atoms with Crippen LogP contribution in [0.15, 0.2) is 54.6 Å². The molecule has 5 atom stereocenters. The van der Waals surface area contributed by atoms with Gasteiger partial charge in [0.05, 0.1) is 11.0 Å². The van der Waals surface area contributed by atoms with Gasteiger partial charge in [-0.3, -0.25) is 9.59 Å². The van der Waals surface area contributed by atoms with Gasteiger partial charge in [-0.05, 0) is 95.5 Å². The second kappa shape index (κ2) is 15.6. The van der Waals surface area contributed by atoms with Gasteiger partial charge in [-0.25, -0.2) is 9.97 Å². The standard InChI is InChI=1S/C42H53ClN6O2/c1-23(2)18-38(50)44-27(7)25(5)8-16-37-47-41(42(43)48-37)32-12-11-28-20-29(9-10-30(28)21-32)31-13-15-34-35(22-31)46-36(45-34)17-14-33-26(6)40(33)49-39(51)19-24(3)4/h9-13,15,20-27,33,40H,8,14,16-19H2,1-7H3,(H,44,50)(H,45,46)(H,47,48)(H,49,51)/t25?,26-,27-,33?,40?/m1/s1. The Morgan fingerprint density at radius 2 is 1.41 bits per heavy atom. The van der Waals surface area contributed by atoms with Gasteiger partial charge in [-0.1, -0.05) is 83.5 Å². The topological polar surface area (TPSA) is 116 Å². The lowest BCUT2D eigenvalue weighted by atomic mass is 9.97. The molecule has 3 aromatic carbocycles. The average Bonchev–Trinajstić information content (AvgIpc) is 3.35. The molecule has 1 aliphatic carbocycles. The summed E-state index contributed by atoms with van der Waals surface area (Å²) in [4.78, 5) is 41.0. The number of aryl methyl sites for hydroxylation is 2. The Balaban J connectivity index is 1.07. The van der Waals surface area contributed by atoms with Gasteiger partial charge >= 0.3 is 0 Å². The number of aromatic nitrogens is 4. The van der Waals surface area contributed by atoms with Crippen molar-refractivity contribution in [2.24, 2.45) is 29.6 Å². The highest BCUT2D eigenvalue weighted by Crippen LogP contribution is 2.42. The maximum atomic E-state index is 12.2. The Bertz CT molecular complexity index is 2010. The Labute approximate surface area is 307 Å². The van der Waals surface area contributed by atoms with E-state index in [0.717, 1.165) is 81.5 Å². The van der Waals surface area contributed by atoms with Crippen LogP contribution in [-0.2, 0) is 22.4 Å². The van der Waals surface area contributed by atoms with E-state index in [4.69, 9.17) is 21.6 Å². The van der Waals surface area contributed by atoms with Crippen LogP contribution in [0.2, 0.25) is 5.15 Å². The molecule has 51 heavy (non-hydrogen) atoms. The molecular weight excluding hydrogens is 656 g/mol. The SMILES string of the molecule is CC(C)CC(=O)NC1C(CCc2nc3ccc(-c4ccc5cc(-c6nc(CCC(C)[C@@H](C)NC(=O)CC(C)C)[nH]c6Cl)ccc5c4)cc3[nH]2)[C@H]1C. The van der Waals surface area contributed by atoms with Gasteiger partial charge < -0.3 is 20.6 Å². The fraction of sp³-hybridized carbons (Fsp3) is 0.476. The van der Waals surface area contributed by atoms with Crippen molar-refractivity contribution < 1.29 is 9.59 Å². The highest BCUT2D eigenvalue weighted by Gasteiger charge is 2.46. The van der Waals surface area contributed by atoms with Gasteiger partial charge in [-0.15, -0.1) is 0 Å². The molecule has 5 aromatic rings. The highest BCUT2D eigenvalue weighted by molar-refractivity contribution is 6.32. The molecular formula is C42H53ClN6O2. The molecule has 0 bridgehead atoms. The fourth-order valence-corrected chi connectivity index (χ4v) is 7.49. The molecule has 2 heterocycles. The van der Waals surface area contributed by atoms with E-state index in [2.05, 4.69) is 124 Å². The lowest BCUT2D eigenvalue weighted by molar-refractivity contribution is -0.123. The molecule has 4 N–H and O–H groups in total. The third-order valence-corrected chi connectivity index (χ3v) is 10.8. The maximum Gasteiger partial charge on any atom is 0.220 e. The Kier molecular flexibility index (Phi) is 11.2. The zero-order valence-corrected chi connectivity index (χ0v) is 31.8. The molecule has 0 radical (unpaired) electrons. The summed E-state index contributed by atoms with van der Waals surface area (Å²) < 4.78 is 0. The predicted octanol–water partition coefficient (Wildman–Crippen LogP) is 9.28. The summed E-state index contributed by atoms with van der Waals surface area (Å²) in [5, 5.41) is 9.17. The van der Waals surface area contributed by atoms with Gasteiger partial charge in [-0.2, -0.15) is 0 Å². The number of imidazole rings is 2. The normalized spacial score (nSPS) is 18.4. The number of halogens is 1. The first kappa shape index (κ1) is 36.6. The first-order valence-electron chi connectivity index (χ1n) is 18.7. The zero-order valence-electron chi connectivity index (χ0n) is 31.1. The molecule has 2 amide bonds. The summed E-state index contributed by atoms with van der Waals surface area (Å²) in [6.07, 6.45) is 4.65. The maximum absolute atomic E-state index is 12.2. The molecule has 6 rings (SSSR count). The van der Waals surface area contributed by atoms with Crippen molar-refractivity contribution in [1.29, 1.82) is 0 Å². The molecule has 1 aliphatic rings. The molecule has 2 aromatic heterocycles. The van der Waals surface area contributed by atoms with Crippen molar-refractivity contribution >= 4 is 45.2 Å². The zero-order chi connectivity index (χ0) is 36.4. The van der Waals surface area contributed by atoms with Crippen LogP contribution < -0.4 is 10.6 Å². The van der Waals surface area contributed by atoms with Crippen molar-refractivity contribution in [3.05, 3.63) is 71.4 Å². The van der Waals surface area contributed by atoms with Crippen LogP contribution >= 0.6 is 11.6 Å². The average molecular weight is 709 g/mol. The largest absolute Gasteiger partial charge is 0.353 e. The number of fused-ring (bicyclic) bond motifs is 2. The third kappa shape index (κ3) is 9.01. The quantitative estimate of drug-likeness (QED) is 0.0868. The number of nitrogens with one attached hydrogen (secondary N) is 4. The number of amides is 2. The van der Waals surface area contributed by atoms with Crippen LogP contribution in [0, 0.1) is 29.6 Å². The van der Waals surface area contributed by atoms with Gasteiger partial charge in [0, 0.05) is 43.3 Å². The number of H-pyrrole nitrogens is 2. The number of rotatable bonds is 15. The number of aromatic amines is 2. The van der Waals surface area contributed by atoms with Crippen LogP contribution in [-0.4, -0.2) is 43.8 Å². The Morgan fingerprint density at radius 1 is 0.784 bits per heavy atom. The molecule has 270 valence electrons. The van der Waals surface area contributed by atoms with E-state index in [1.165, 1.54) is 0 Å². The molecule has 0 saturated heterocycles. The van der Waals surface area contributed by atoms with Gasteiger partial charge in [0.1, 0.15) is 22.5 Å². The number of hydrogen-bond donors (Lipinski definition) is 4. The summed E-state index contributed by atoms with van der Waals surface area (Å²) >= 11 is 6.67. The lowest BCUT2D eigenvalue weighted by Crippen LogP contribution is -2.37. The first-order valence-corrected chi connectivity index (χ1v) is 19.1. The Hall–Kier alpha value is -4.17. The summed E-state index contributed by atoms with van der Waals surface area (Å²) in [6, 6.07) is 19.7. The van der Waals surface area contributed by atoms with E-state index < -0.39 is 0 Å². The van der Waals surface area contributed by atoms with Crippen LogP contribution in [0.5, 0.6) is 0 Å². The summed E-state index contributed by atoms with van der Waals surface area (Å²) in [5.41, 5.74) is 6.01. The lowest BCUT2D eigenvalue weighted by Gasteiger charge is -2.21. The van der Waals surface area contributed by atoms with E-state index in [1.807, 2.05) is 0 Å². The van der Waals surface area contributed by atoms with Crippen LogP contribution in [0.3, 0.4) is 0 Å². The van der Waals surface area contributed by atoms with Crippen LogP contribution in [0.1, 0.15) is 85.8 Å². The molecule has 0 spiro atoms. The highest BCUT2D eigenvalue weighted by atomic mass is 35.5.